The lowest BCUT2D eigenvalue weighted by Gasteiger charge is -2.08. The Morgan fingerprint density at radius 3 is 2.74 bits per heavy atom. The van der Waals surface area contributed by atoms with E-state index in [1.807, 2.05) is 0 Å². The first kappa shape index (κ1) is 13.5. The minimum absolute atomic E-state index is 0.179. The molecule has 0 spiro atoms. The van der Waals surface area contributed by atoms with Gasteiger partial charge in [-0.3, -0.25) is 9.36 Å². The number of methoxy groups -OCH3 is 1. The molecule has 0 radical (unpaired) electrons. The Kier molecular flexibility index (Phi) is 3.80. The van der Waals surface area contributed by atoms with E-state index in [-0.39, 0.29) is 11.3 Å². The molecule has 0 aliphatic rings. The Bertz CT molecular complexity index is 695. The summed E-state index contributed by atoms with van der Waals surface area (Å²) in [6.45, 7) is 1.74. The summed E-state index contributed by atoms with van der Waals surface area (Å²) >= 11 is 3.23. The molecule has 0 bridgehead atoms. The molecule has 0 saturated heterocycles. The number of pyridine rings is 2. The SMILES string of the molecule is COC(=O)c1ncc(-n2ccc(Br)cc2=O)cc1C. The Balaban J connectivity index is 2.50. The van der Waals surface area contributed by atoms with Gasteiger partial charge in [0.1, 0.15) is 0 Å². The van der Waals surface area contributed by atoms with Crippen LogP contribution in [0, 0.1) is 6.92 Å². The molecule has 98 valence electrons. The van der Waals surface area contributed by atoms with Gasteiger partial charge in [0.15, 0.2) is 5.69 Å². The molecule has 0 aromatic carbocycles. The van der Waals surface area contributed by atoms with E-state index in [0.29, 0.717) is 15.7 Å². The molecule has 5 nitrogen and oxygen atoms in total. The zero-order valence-corrected chi connectivity index (χ0v) is 12.0. The first-order valence-corrected chi connectivity index (χ1v) is 6.26. The van der Waals surface area contributed by atoms with Gasteiger partial charge in [-0.2, -0.15) is 0 Å². The third-order valence-electron chi connectivity index (χ3n) is 2.60. The number of carbonyl (C=O) groups excluding carboxylic acids is 1. The van der Waals surface area contributed by atoms with Crippen LogP contribution in [0.15, 0.2) is 39.9 Å². The van der Waals surface area contributed by atoms with Crippen molar-refractivity contribution in [2.24, 2.45) is 0 Å². The summed E-state index contributed by atoms with van der Waals surface area (Å²) in [6, 6.07) is 4.93. The fourth-order valence-electron chi connectivity index (χ4n) is 1.67. The maximum atomic E-state index is 11.8. The lowest BCUT2D eigenvalue weighted by Crippen LogP contribution is -2.17. The van der Waals surface area contributed by atoms with Crippen LogP contribution in [0.5, 0.6) is 0 Å². The molecular formula is C13H11BrN2O3. The van der Waals surface area contributed by atoms with Crippen LogP contribution in [0.4, 0.5) is 0 Å². The first-order valence-electron chi connectivity index (χ1n) is 5.46. The van der Waals surface area contributed by atoms with Gasteiger partial charge in [0, 0.05) is 16.7 Å². The van der Waals surface area contributed by atoms with Gasteiger partial charge < -0.3 is 4.74 Å². The largest absolute Gasteiger partial charge is 0.464 e. The van der Waals surface area contributed by atoms with Crippen LogP contribution in [0.2, 0.25) is 0 Å². The molecule has 0 aliphatic heterocycles. The van der Waals surface area contributed by atoms with Crippen molar-refractivity contribution in [3.05, 3.63) is 56.7 Å². The highest BCUT2D eigenvalue weighted by Gasteiger charge is 2.12. The number of ether oxygens (including phenoxy) is 1. The maximum Gasteiger partial charge on any atom is 0.356 e. The normalized spacial score (nSPS) is 10.3. The van der Waals surface area contributed by atoms with Gasteiger partial charge in [-0.1, -0.05) is 15.9 Å². The molecule has 2 aromatic rings. The Labute approximate surface area is 118 Å². The van der Waals surface area contributed by atoms with E-state index in [1.54, 1.807) is 25.3 Å². The van der Waals surface area contributed by atoms with Crippen LogP contribution in [0.25, 0.3) is 5.69 Å². The van der Waals surface area contributed by atoms with Crippen LogP contribution >= 0.6 is 15.9 Å². The van der Waals surface area contributed by atoms with E-state index >= 15 is 0 Å². The summed E-state index contributed by atoms with van der Waals surface area (Å²) in [5, 5.41) is 0. The van der Waals surface area contributed by atoms with Gasteiger partial charge in [-0.25, -0.2) is 9.78 Å². The highest BCUT2D eigenvalue weighted by molar-refractivity contribution is 9.10. The number of aromatic nitrogens is 2. The maximum absolute atomic E-state index is 11.8. The van der Waals surface area contributed by atoms with Crippen molar-refractivity contribution in [3.8, 4) is 5.69 Å². The second-order valence-electron chi connectivity index (χ2n) is 3.90. The third kappa shape index (κ3) is 2.73. The summed E-state index contributed by atoms with van der Waals surface area (Å²) in [5.74, 6) is -0.493. The first-order chi connectivity index (χ1) is 9.02. The fourth-order valence-corrected chi connectivity index (χ4v) is 1.98. The smallest absolute Gasteiger partial charge is 0.356 e. The average Bonchev–Trinajstić information content (AvgIpc) is 2.37. The van der Waals surface area contributed by atoms with Gasteiger partial charge in [-0.05, 0) is 24.6 Å². The number of hydrogen-bond acceptors (Lipinski definition) is 4. The summed E-state index contributed by atoms with van der Waals surface area (Å²) in [5.41, 5.74) is 1.32. The van der Waals surface area contributed by atoms with Gasteiger partial charge in [0.05, 0.1) is 19.0 Å². The van der Waals surface area contributed by atoms with E-state index in [1.165, 1.54) is 23.9 Å². The van der Waals surface area contributed by atoms with Crippen LogP contribution in [-0.4, -0.2) is 22.6 Å². The molecule has 0 N–H and O–H groups in total. The van der Waals surface area contributed by atoms with Crippen molar-refractivity contribution in [3.63, 3.8) is 0 Å². The number of hydrogen-bond donors (Lipinski definition) is 0. The van der Waals surface area contributed by atoms with Crippen molar-refractivity contribution in [1.82, 2.24) is 9.55 Å². The van der Waals surface area contributed by atoms with Crippen molar-refractivity contribution >= 4 is 21.9 Å². The van der Waals surface area contributed by atoms with Crippen LogP contribution < -0.4 is 5.56 Å². The van der Waals surface area contributed by atoms with E-state index in [9.17, 15) is 9.59 Å². The molecule has 0 saturated carbocycles. The van der Waals surface area contributed by atoms with Crippen molar-refractivity contribution < 1.29 is 9.53 Å². The van der Waals surface area contributed by atoms with E-state index in [2.05, 4.69) is 25.7 Å². The number of esters is 1. The molecular weight excluding hydrogens is 312 g/mol. The molecule has 0 fully saturated rings. The minimum Gasteiger partial charge on any atom is -0.464 e. The number of aryl methyl sites for hydroxylation is 1. The van der Waals surface area contributed by atoms with Crippen molar-refractivity contribution in [1.29, 1.82) is 0 Å². The number of carbonyl (C=O) groups is 1. The second-order valence-corrected chi connectivity index (χ2v) is 4.82. The Morgan fingerprint density at radius 1 is 1.42 bits per heavy atom. The molecule has 0 atom stereocenters. The van der Waals surface area contributed by atoms with E-state index < -0.39 is 5.97 Å². The topological polar surface area (TPSA) is 61.2 Å². The molecule has 0 unspecified atom stereocenters. The highest BCUT2D eigenvalue weighted by atomic mass is 79.9. The average molecular weight is 323 g/mol. The summed E-state index contributed by atoms with van der Waals surface area (Å²) in [7, 11) is 1.30. The molecule has 0 aliphatic carbocycles. The Hall–Kier alpha value is -1.95. The van der Waals surface area contributed by atoms with Gasteiger partial charge in [0.25, 0.3) is 5.56 Å². The third-order valence-corrected chi connectivity index (χ3v) is 3.10. The predicted octanol–water partition coefficient (Wildman–Crippen LogP) is 2.09. The van der Waals surface area contributed by atoms with Gasteiger partial charge >= 0.3 is 5.97 Å². The number of rotatable bonds is 2. The van der Waals surface area contributed by atoms with Crippen molar-refractivity contribution in [2.45, 2.75) is 6.92 Å². The predicted molar refractivity (Wildman–Crippen MR) is 73.6 cm³/mol. The summed E-state index contributed by atoms with van der Waals surface area (Å²) in [6.07, 6.45) is 3.11. The van der Waals surface area contributed by atoms with Gasteiger partial charge in [0.2, 0.25) is 0 Å². The molecule has 6 heteroatoms. The minimum atomic E-state index is -0.493. The molecule has 19 heavy (non-hydrogen) atoms. The molecule has 2 heterocycles. The van der Waals surface area contributed by atoms with Crippen LogP contribution in [0.1, 0.15) is 16.1 Å². The fraction of sp³-hybridized carbons (Fsp3) is 0.154. The lowest BCUT2D eigenvalue weighted by molar-refractivity contribution is 0.0593. The van der Waals surface area contributed by atoms with Gasteiger partial charge in [-0.15, -0.1) is 0 Å². The zero-order valence-electron chi connectivity index (χ0n) is 10.4. The van der Waals surface area contributed by atoms with Crippen LogP contribution in [-0.2, 0) is 4.74 Å². The van der Waals surface area contributed by atoms with E-state index in [0.717, 1.165) is 0 Å². The molecule has 2 aromatic heterocycles. The highest BCUT2D eigenvalue weighted by Crippen LogP contribution is 2.13. The van der Waals surface area contributed by atoms with Crippen LogP contribution in [0.3, 0.4) is 0 Å². The van der Waals surface area contributed by atoms with E-state index in [4.69, 9.17) is 0 Å². The van der Waals surface area contributed by atoms with Crippen molar-refractivity contribution in [2.75, 3.05) is 7.11 Å². The quantitative estimate of drug-likeness (QED) is 0.794. The monoisotopic (exact) mass is 322 g/mol. The standard InChI is InChI=1S/C13H11BrN2O3/c1-8-5-10(7-15-12(8)13(18)19-2)16-4-3-9(14)6-11(16)17/h3-7H,1-2H3. The number of nitrogens with zero attached hydrogens (tertiary/aromatic N) is 2. The zero-order chi connectivity index (χ0) is 14.0. The molecule has 2 rings (SSSR count). The molecule has 0 amide bonds. The lowest BCUT2D eigenvalue weighted by atomic mass is 10.2. The summed E-state index contributed by atoms with van der Waals surface area (Å²) < 4.78 is 6.79. The summed E-state index contributed by atoms with van der Waals surface area (Å²) in [4.78, 5) is 27.3. The number of halogens is 1. The Morgan fingerprint density at radius 2 is 2.16 bits per heavy atom. The second kappa shape index (κ2) is 5.36.